The van der Waals surface area contributed by atoms with Crippen LogP contribution in [0.3, 0.4) is 0 Å². The van der Waals surface area contributed by atoms with Crippen LogP contribution in [0.5, 0.6) is 0 Å². The highest BCUT2D eigenvalue weighted by molar-refractivity contribution is 5.89. The predicted octanol–water partition coefficient (Wildman–Crippen LogP) is 7.57. The molecular formula is C24H14F6. The quantitative estimate of drug-likeness (QED) is 0.239. The summed E-state index contributed by atoms with van der Waals surface area (Å²) in [5.74, 6) is -7.31. The Morgan fingerprint density at radius 2 is 1.20 bits per heavy atom. The van der Waals surface area contributed by atoms with Gasteiger partial charge in [0, 0.05) is 11.1 Å². The van der Waals surface area contributed by atoms with Crippen molar-refractivity contribution in [3.05, 3.63) is 95.1 Å². The summed E-state index contributed by atoms with van der Waals surface area (Å²) in [6.07, 6.45) is 0.656. The summed E-state index contributed by atoms with van der Waals surface area (Å²) < 4.78 is 84.4. The number of hydrogen-bond donors (Lipinski definition) is 0. The highest BCUT2D eigenvalue weighted by Crippen LogP contribution is 2.34. The molecule has 0 saturated carbocycles. The fraction of sp³-hybridized carbons (Fsp3) is 0.0833. The van der Waals surface area contributed by atoms with Gasteiger partial charge in [0.15, 0.2) is 17.5 Å². The van der Waals surface area contributed by atoms with E-state index in [-0.39, 0.29) is 27.6 Å². The van der Waals surface area contributed by atoms with E-state index in [0.717, 1.165) is 17.7 Å². The van der Waals surface area contributed by atoms with Gasteiger partial charge in [-0.1, -0.05) is 31.2 Å². The van der Waals surface area contributed by atoms with Gasteiger partial charge < -0.3 is 0 Å². The molecule has 0 amide bonds. The minimum atomic E-state index is -1.78. The smallest absolute Gasteiger partial charge is 0.195 e. The van der Waals surface area contributed by atoms with Crippen molar-refractivity contribution in [2.24, 2.45) is 0 Å². The molecule has 0 spiro atoms. The van der Waals surface area contributed by atoms with E-state index in [4.69, 9.17) is 0 Å². The summed E-state index contributed by atoms with van der Waals surface area (Å²) >= 11 is 0. The van der Waals surface area contributed by atoms with Gasteiger partial charge in [0.1, 0.15) is 17.5 Å². The van der Waals surface area contributed by atoms with E-state index in [1.165, 1.54) is 24.3 Å². The molecule has 0 atom stereocenters. The van der Waals surface area contributed by atoms with Crippen LogP contribution in [0.2, 0.25) is 0 Å². The monoisotopic (exact) mass is 416 g/mol. The average Bonchev–Trinajstić information content (AvgIpc) is 2.71. The van der Waals surface area contributed by atoms with E-state index < -0.39 is 40.3 Å². The Bertz CT molecular complexity index is 1290. The van der Waals surface area contributed by atoms with Crippen molar-refractivity contribution in [1.82, 2.24) is 0 Å². The number of aryl methyl sites for hydroxylation is 1. The highest BCUT2D eigenvalue weighted by Gasteiger charge is 2.19. The van der Waals surface area contributed by atoms with E-state index in [1.54, 1.807) is 12.1 Å². The van der Waals surface area contributed by atoms with Gasteiger partial charge >= 0.3 is 0 Å². The van der Waals surface area contributed by atoms with Crippen LogP contribution in [-0.4, -0.2) is 0 Å². The van der Waals surface area contributed by atoms with Gasteiger partial charge in [-0.3, -0.25) is 0 Å². The first-order valence-electron chi connectivity index (χ1n) is 9.15. The van der Waals surface area contributed by atoms with Crippen molar-refractivity contribution in [3.8, 4) is 22.3 Å². The molecule has 6 heteroatoms. The van der Waals surface area contributed by atoms with E-state index in [0.29, 0.717) is 12.5 Å². The number of benzene rings is 4. The molecule has 4 aromatic carbocycles. The normalized spacial score (nSPS) is 11.3. The standard InChI is InChI=1S/C24H14F6/c1-2-12-3-5-16(18(25)7-12)13-4-6-17(19(26)9-13)14-8-15-11-21(28)23(29)24(30)22(15)20(27)10-14/h3-11H,2H2,1H3. The van der Waals surface area contributed by atoms with Crippen LogP contribution in [0.15, 0.2) is 54.6 Å². The summed E-state index contributed by atoms with van der Waals surface area (Å²) in [4.78, 5) is 0. The SMILES string of the molecule is CCc1ccc(-c2ccc(-c3cc(F)c4c(F)c(F)c(F)cc4c3)c(F)c2)c(F)c1. The molecule has 0 fully saturated rings. The minimum Gasteiger partial charge on any atom is -0.206 e. The van der Waals surface area contributed by atoms with Crippen molar-refractivity contribution in [2.75, 3.05) is 0 Å². The second-order valence-electron chi connectivity index (χ2n) is 6.90. The van der Waals surface area contributed by atoms with Crippen LogP contribution in [0.25, 0.3) is 33.0 Å². The molecule has 0 heterocycles. The molecule has 0 radical (unpaired) electrons. The molecule has 0 bridgehead atoms. The molecule has 152 valence electrons. The van der Waals surface area contributed by atoms with Crippen molar-refractivity contribution in [3.63, 3.8) is 0 Å². The Kier molecular flexibility index (Phi) is 5.02. The van der Waals surface area contributed by atoms with Crippen molar-refractivity contribution >= 4 is 10.8 Å². The Labute approximate surface area is 168 Å². The molecular weight excluding hydrogens is 402 g/mol. The average molecular weight is 416 g/mol. The zero-order valence-electron chi connectivity index (χ0n) is 15.7. The fourth-order valence-corrected chi connectivity index (χ4v) is 3.47. The number of fused-ring (bicyclic) bond motifs is 1. The summed E-state index contributed by atoms with van der Waals surface area (Å²) in [5.41, 5.74) is 1.27. The Morgan fingerprint density at radius 1 is 0.567 bits per heavy atom. The Morgan fingerprint density at radius 3 is 1.87 bits per heavy atom. The largest absolute Gasteiger partial charge is 0.206 e. The molecule has 0 aromatic heterocycles. The Balaban J connectivity index is 1.82. The van der Waals surface area contributed by atoms with Gasteiger partial charge in [0.2, 0.25) is 0 Å². The zero-order chi connectivity index (χ0) is 21.6. The van der Waals surface area contributed by atoms with Gasteiger partial charge in [-0.25, -0.2) is 26.3 Å². The lowest BCUT2D eigenvalue weighted by Gasteiger charge is -2.11. The number of rotatable bonds is 3. The highest BCUT2D eigenvalue weighted by atomic mass is 19.2. The van der Waals surface area contributed by atoms with Crippen LogP contribution in [-0.2, 0) is 6.42 Å². The maximum absolute atomic E-state index is 14.8. The van der Waals surface area contributed by atoms with Gasteiger partial charge in [0.25, 0.3) is 0 Å². The van der Waals surface area contributed by atoms with E-state index in [9.17, 15) is 26.3 Å². The summed E-state index contributed by atoms with van der Waals surface area (Å²) in [6, 6.07) is 11.2. The first-order valence-corrected chi connectivity index (χ1v) is 9.15. The van der Waals surface area contributed by atoms with Crippen molar-refractivity contribution < 1.29 is 26.3 Å². The molecule has 4 rings (SSSR count). The first kappa shape index (κ1) is 20.0. The van der Waals surface area contributed by atoms with Crippen LogP contribution in [0, 0.1) is 34.9 Å². The second-order valence-corrected chi connectivity index (χ2v) is 6.90. The molecule has 4 aromatic rings. The lowest BCUT2D eigenvalue weighted by Crippen LogP contribution is -1.96. The zero-order valence-corrected chi connectivity index (χ0v) is 15.7. The first-order chi connectivity index (χ1) is 14.3. The van der Waals surface area contributed by atoms with E-state index in [1.807, 2.05) is 6.92 Å². The van der Waals surface area contributed by atoms with Crippen LogP contribution in [0.1, 0.15) is 12.5 Å². The number of hydrogen-bond acceptors (Lipinski definition) is 0. The summed E-state index contributed by atoms with van der Waals surface area (Å²) in [6.45, 7) is 1.89. The van der Waals surface area contributed by atoms with Crippen LogP contribution < -0.4 is 0 Å². The van der Waals surface area contributed by atoms with Gasteiger partial charge in [0.05, 0.1) is 5.39 Å². The topological polar surface area (TPSA) is 0 Å². The lowest BCUT2D eigenvalue weighted by atomic mass is 9.96. The molecule has 30 heavy (non-hydrogen) atoms. The number of halogens is 6. The van der Waals surface area contributed by atoms with Gasteiger partial charge in [-0.05, 0) is 58.8 Å². The molecule has 0 saturated heterocycles. The maximum Gasteiger partial charge on any atom is 0.195 e. The third kappa shape index (κ3) is 3.32. The molecule has 0 nitrogen and oxygen atoms in total. The summed E-state index contributed by atoms with van der Waals surface area (Å²) in [7, 11) is 0. The molecule has 0 aliphatic rings. The fourth-order valence-electron chi connectivity index (χ4n) is 3.47. The van der Waals surface area contributed by atoms with Crippen molar-refractivity contribution in [1.29, 1.82) is 0 Å². The Hall–Kier alpha value is -3.28. The van der Waals surface area contributed by atoms with Crippen molar-refractivity contribution in [2.45, 2.75) is 13.3 Å². The second kappa shape index (κ2) is 7.52. The molecule has 0 aliphatic heterocycles. The summed E-state index contributed by atoms with van der Waals surface area (Å²) in [5, 5.41) is -0.959. The minimum absolute atomic E-state index is 0.0104. The molecule has 0 aliphatic carbocycles. The predicted molar refractivity (Wildman–Crippen MR) is 104 cm³/mol. The van der Waals surface area contributed by atoms with E-state index >= 15 is 0 Å². The van der Waals surface area contributed by atoms with Gasteiger partial charge in [-0.15, -0.1) is 0 Å². The lowest BCUT2D eigenvalue weighted by molar-refractivity contribution is 0.451. The third-order valence-electron chi connectivity index (χ3n) is 5.06. The third-order valence-corrected chi connectivity index (χ3v) is 5.06. The van der Waals surface area contributed by atoms with Gasteiger partial charge in [-0.2, -0.15) is 0 Å². The molecule has 0 unspecified atom stereocenters. The van der Waals surface area contributed by atoms with Crippen LogP contribution in [0.4, 0.5) is 26.3 Å². The maximum atomic E-state index is 14.8. The van der Waals surface area contributed by atoms with Crippen LogP contribution >= 0.6 is 0 Å². The molecule has 0 N–H and O–H groups in total. The van der Waals surface area contributed by atoms with E-state index in [2.05, 4.69) is 0 Å².